The van der Waals surface area contributed by atoms with Crippen molar-refractivity contribution in [1.82, 2.24) is 4.90 Å². The van der Waals surface area contributed by atoms with Gasteiger partial charge in [-0.1, -0.05) is 6.92 Å². The zero-order chi connectivity index (χ0) is 11.5. The van der Waals surface area contributed by atoms with E-state index >= 15 is 0 Å². The number of likely N-dealkylation sites (tertiary alicyclic amines) is 1. The van der Waals surface area contributed by atoms with Gasteiger partial charge in [0.2, 0.25) is 0 Å². The van der Waals surface area contributed by atoms with Gasteiger partial charge in [-0.05, 0) is 25.3 Å². The normalized spacial score (nSPS) is 35.8. The lowest BCUT2D eigenvalue weighted by molar-refractivity contribution is -0.124. The number of aliphatic hydroxyl groups excluding tert-OH is 1. The molecule has 0 bridgehead atoms. The topological polar surface area (TPSA) is 49.8 Å². The first-order valence-electron chi connectivity index (χ1n) is 6.17. The number of carbonyl (C=O) groups is 1. The van der Waals surface area contributed by atoms with Gasteiger partial charge >= 0.3 is 0 Å². The molecule has 0 radical (unpaired) electrons. The summed E-state index contributed by atoms with van der Waals surface area (Å²) < 4.78 is 5.23. The van der Waals surface area contributed by atoms with Crippen LogP contribution in [0.5, 0.6) is 0 Å². The van der Waals surface area contributed by atoms with Crippen LogP contribution >= 0.6 is 0 Å². The van der Waals surface area contributed by atoms with Crippen molar-refractivity contribution in [3.8, 4) is 0 Å². The molecule has 4 heteroatoms. The van der Waals surface area contributed by atoms with E-state index < -0.39 is 0 Å². The number of rotatable bonds is 4. The van der Waals surface area contributed by atoms with Crippen LogP contribution in [0, 0.1) is 11.8 Å². The first-order chi connectivity index (χ1) is 7.72. The quantitative estimate of drug-likeness (QED) is 0.750. The summed E-state index contributed by atoms with van der Waals surface area (Å²) in [6.45, 7) is 5.04. The molecule has 92 valence electrons. The van der Waals surface area contributed by atoms with Gasteiger partial charge in [-0.3, -0.25) is 9.69 Å². The fourth-order valence-electron chi connectivity index (χ4n) is 2.70. The molecule has 2 rings (SSSR count). The minimum atomic E-state index is 0.0928. The molecule has 1 N–H and O–H groups in total. The van der Waals surface area contributed by atoms with Crippen LogP contribution in [0.4, 0.5) is 0 Å². The highest BCUT2D eigenvalue weighted by atomic mass is 16.5. The molecule has 0 aliphatic carbocycles. The molecule has 2 aliphatic heterocycles. The first-order valence-corrected chi connectivity index (χ1v) is 6.17. The number of aliphatic hydroxyl groups is 1. The maximum Gasteiger partial charge on any atom is 0.152 e. The van der Waals surface area contributed by atoms with E-state index in [0.29, 0.717) is 19.1 Å². The minimum Gasteiger partial charge on any atom is -0.395 e. The van der Waals surface area contributed by atoms with Crippen LogP contribution in [0.3, 0.4) is 0 Å². The Balaban J connectivity index is 1.86. The predicted molar refractivity (Wildman–Crippen MR) is 60.2 cm³/mol. The van der Waals surface area contributed by atoms with Crippen molar-refractivity contribution in [2.75, 3.05) is 32.9 Å². The highest BCUT2D eigenvalue weighted by Gasteiger charge is 2.33. The molecule has 2 fully saturated rings. The highest BCUT2D eigenvalue weighted by Crippen LogP contribution is 2.24. The summed E-state index contributed by atoms with van der Waals surface area (Å²) in [5.41, 5.74) is 0. The number of Topliss-reactive ketones (excluding diaryl/α,β-unsaturated/α-hetero) is 1. The van der Waals surface area contributed by atoms with Crippen molar-refractivity contribution in [3.63, 3.8) is 0 Å². The zero-order valence-electron chi connectivity index (χ0n) is 9.89. The smallest absolute Gasteiger partial charge is 0.152 e. The molecule has 3 atom stereocenters. The molecule has 0 spiro atoms. The van der Waals surface area contributed by atoms with Gasteiger partial charge in [0.05, 0.1) is 19.8 Å². The van der Waals surface area contributed by atoms with Crippen molar-refractivity contribution in [1.29, 1.82) is 0 Å². The molecule has 0 aromatic rings. The van der Waals surface area contributed by atoms with E-state index in [2.05, 4.69) is 11.8 Å². The monoisotopic (exact) mass is 227 g/mol. The van der Waals surface area contributed by atoms with Crippen molar-refractivity contribution >= 4 is 5.78 Å². The molecule has 0 amide bonds. The average molecular weight is 227 g/mol. The molecule has 4 nitrogen and oxygen atoms in total. The lowest BCUT2D eigenvalue weighted by atomic mass is 10.0. The Labute approximate surface area is 96.6 Å². The van der Waals surface area contributed by atoms with E-state index in [9.17, 15) is 9.90 Å². The van der Waals surface area contributed by atoms with Crippen LogP contribution in [0.1, 0.15) is 19.8 Å². The Bertz CT molecular complexity index is 251. The number of hydrogen-bond acceptors (Lipinski definition) is 4. The van der Waals surface area contributed by atoms with E-state index in [4.69, 9.17) is 4.74 Å². The first kappa shape index (κ1) is 12.0. The van der Waals surface area contributed by atoms with Gasteiger partial charge in [0.15, 0.2) is 5.78 Å². The molecular weight excluding hydrogens is 206 g/mol. The van der Waals surface area contributed by atoms with Crippen molar-refractivity contribution in [2.24, 2.45) is 11.8 Å². The average Bonchev–Trinajstić information content (AvgIpc) is 2.88. The Morgan fingerprint density at radius 1 is 1.50 bits per heavy atom. The molecule has 2 saturated heterocycles. The van der Waals surface area contributed by atoms with E-state index in [-0.39, 0.29) is 24.3 Å². The van der Waals surface area contributed by atoms with Crippen LogP contribution in [-0.2, 0) is 9.53 Å². The fourth-order valence-corrected chi connectivity index (χ4v) is 2.70. The number of ketones is 1. The van der Waals surface area contributed by atoms with Crippen LogP contribution in [0.15, 0.2) is 0 Å². The van der Waals surface area contributed by atoms with Crippen LogP contribution in [-0.4, -0.2) is 54.7 Å². The van der Waals surface area contributed by atoms with E-state index in [1.807, 2.05) is 0 Å². The maximum atomic E-state index is 12.0. The van der Waals surface area contributed by atoms with Crippen LogP contribution in [0.25, 0.3) is 0 Å². The predicted octanol–water partition coefficient (Wildman–Crippen LogP) is 0.295. The van der Waals surface area contributed by atoms with Crippen molar-refractivity contribution in [3.05, 3.63) is 0 Å². The van der Waals surface area contributed by atoms with Gasteiger partial charge in [-0.15, -0.1) is 0 Å². The van der Waals surface area contributed by atoms with Crippen LogP contribution in [0.2, 0.25) is 0 Å². The second-order valence-corrected chi connectivity index (χ2v) is 5.01. The van der Waals surface area contributed by atoms with Gasteiger partial charge in [-0.25, -0.2) is 0 Å². The molecule has 0 aromatic carbocycles. The Morgan fingerprint density at radius 2 is 2.31 bits per heavy atom. The Morgan fingerprint density at radius 3 is 2.94 bits per heavy atom. The number of ether oxygens (including phenoxy) is 1. The molecule has 2 heterocycles. The summed E-state index contributed by atoms with van der Waals surface area (Å²) >= 11 is 0. The summed E-state index contributed by atoms with van der Waals surface area (Å²) in [7, 11) is 0. The molecule has 2 aliphatic rings. The number of hydrogen-bond donors (Lipinski definition) is 1. The summed E-state index contributed by atoms with van der Waals surface area (Å²) in [5.74, 6) is 0.873. The second kappa shape index (κ2) is 5.25. The minimum absolute atomic E-state index is 0.0928. The maximum absolute atomic E-state index is 12.0. The van der Waals surface area contributed by atoms with Crippen molar-refractivity contribution in [2.45, 2.75) is 25.8 Å². The highest BCUT2D eigenvalue weighted by molar-refractivity contribution is 5.83. The van der Waals surface area contributed by atoms with E-state index in [1.165, 1.54) is 0 Å². The van der Waals surface area contributed by atoms with Gasteiger partial charge in [0.1, 0.15) is 0 Å². The third-order valence-electron chi connectivity index (χ3n) is 3.93. The Kier molecular flexibility index (Phi) is 3.95. The molecule has 0 saturated carbocycles. The molecule has 16 heavy (non-hydrogen) atoms. The van der Waals surface area contributed by atoms with Crippen LogP contribution < -0.4 is 0 Å². The third-order valence-corrected chi connectivity index (χ3v) is 3.93. The SMILES string of the molecule is CC1CCN(CC(=O)C2CCOC2)C1CO. The summed E-state index contributed by atoms with van der Waals surface area (Å²) in [4.78, 5) is 14.1. The van der Waals surface area contributed by atoms with Crippen molar-refractivity contribution < 1.29 is 14.6 Å². The van der Waals surface area contributed by atoms with Gasteiger partial charge in [0, 0.05) is 18.6 Å². The number of nitrogens with zero attached hydrogens (tertiary/aromatic N) is 1. The number of carbonyl (C=O) groups excluding carboxylic acids is 1. The standard InChI is InChI=1S/C12H21NO3/c1-9-2-4-13(11(9)7-14)6-12(15)10-3-5-16-8-10/h9-11,14H,2-8H2,1H3. The van der Waals surface area contributed by atoms with E-state index in [1.54, 1.807) is 0 Å². The van der Waals surface area contributed by atoms with Gasteiger partial charge in [0.25, 0.3) is 0 Å². The summed E-state index contributed by atoms with van der Waals surface area (Å²) in [6.07, 6.45) is 1.95. The van der Waals surface area contributed by atoms with Gasteiger partial charge < -0.3 is 9.84 Å². The second-order valence-electron chi connectivity index (χ2n) is 5.01. The fraction of sp³-hybridized carbons (Fsp3) is 0.917. The molecule has 3 unspecified atom stereocenters. The summed E-state index contributed by atoms with van der Waals surface area (Å²) in [5, 5.41) is 9.31. The lowest BCUT2D eigenvalue weighted by Gasteiger charge is -2.25. The van der Waals surface area contributed by atoms with Gasteiger partial charge in [-0.2, -0.15) is 0 Å². The van der Waals surface area contributed by atoms with E-state index in [0.717, 1.165) is 26.0 Å². The zero-order valence-corrected chi connectivity index (χ0v) is 9.89. The third kappa shape index (κ3) is 2.44. The largest absolute Gasteiger partial charge is 0.395 e. The Hall–Kier alpha value is -0.450. The molecular formula is C12H21NO3. The summed E-state index contributed by atoms with van der Waals surface area (Å²) in [6, 6.07) is 0.172. The lowest BCUT2D eigenvalue weighted by Crippen LogP contribution is -2.40. The molecule has 0 aromatic heterocycles.